The highest BCUT2D eigenvalue weighted by Crippen LogP contribution is 2.35. The topological polar surface area (TPSA) is 75.5 Å². The molecule has 40 heavy (non-hydrogen) atoms. The number of carbonyl (C=O) groups is 1. The number of amides is 1. The molecule has 0 unspecified atom stereocenters. The average Bonchev–Trinajstić information content (AvgIpc) is 3.50. The van der Waals surface area contributed by atoms with Gasteiger partial charge in [0, 0.05) is 37.0 Å². The quantitative estimate of drug-likeness (QED) is 0.124. The number of sulfonamides is 1. The van der Waals surface area contributed by atoms with Crippen molar-refractivity contribution in [3.8, 4) is 16.9 Å². The van der Waals surface area contributed by atoms with Gasteiger partial charge in [0.25, 0.3) is 5.91 Å². The van der Waals surface area contributed by atoms with Gasteiger partial charge in [-0.05, 0) is 49.6 Å². The van der Waals surface area contributed by atoms with Crippen molar-refractivity contribution < 1.29 is 13.2 Å². The lowest BCUT2D eigenvalue weighted by molar-refractivity contribution is -0.122. The van der Waals surface area contributed by atoms with Crippen LogP contribution < -0.4 is 0 Å². The lowest BCUT2D eigenvalue weighted by atomic mass is 10.1. The molecule has 10 heteroatoms. The zero-order valence-corrected chi connectivity index (χ0v) is 25.7. The van der Waals surface area contributed by atoms with Crippen LogP contribution in [0, 0.1) is 0 Å². The maximum Gasteiger partial charge on any atom is 0.266 e. The summed E-state index contributed by atoms with van der Waals surface area (Å²) in [7, 11) is -3.67. The largest absolute Gasteiger partial charge is 0.293 e. The van der Waals surface area contributed by atoms with Gasteiger partial charge in [-0.3, -0.25) is 9.69 Å². The van der Waals surface area contributed by atoms with Crippen LogP contribution in [0.5, 0.6) is 0 Å². The van der Waals surface area contributed by atoms with Crippen molar-refractivity contribution in [3.05, 3.63) is 71.3 Å². The Bertz CT molecular complexity index is 1480. The summed E-state index contributed by atoms with van der Waals surface area (Å²) in [5.41, 5.74) is 2.82. The minimum Gasteiger partial charge on any atom is -0.293 e. The second-order valence-corrected chi connectivity index (χ2v) is 13.3. The average molecular weight is 597 g/mol. The SMILES string of the molecule is CCCCCN1C(=O)C(=Cc2cn(-c3ccccc3)nc2-c2cccc(S(=O)(=O)N(CCC)CCC)c2)SC1=S. The Morgan fingerprint density at radius 3 is 2.38 bits per heavy atom. The highest BCUT2D eigenvalue weighted by atomic mass is 32.2. The summed E-state index contributed by atoms with van der Waals surface area (Å²) in [6, 6.07) is 16.6. The molecule has 1 saturated heterocycles. The Labute approximate surface area is 247 Å². The van der Waals surface area contributed by atoms with E-state index in [-0.39, 0.29) is 10.8 Å². The van der Waals surface area contributed by atoms with E-state index in [0.29, 0.717) is 45.7 Å². The standard InChI is InChI=1S/C30H36N4O3S3/c1-4-7-11-19-33-29(35)27(39-30(33)38)21-24-22-34(25-14-9-8-10-15-25)31-28(24)23-13-12-16-26(20-23)40(36,37)32(17-5-2)18-6-3/h8-10,12-16,20-22H,4-7,11,17-19H2,1-3H3. The van der Waals surface area contributed by atoms with E-state index < -0.39 is 10.0 Å². The molecule has 0 saturated carbocycles. The van der Waals surface area contributed by atoms with E-state index in [4.69, 9.17) is 17.3 Å². The Kier molecular flexibility index (Phi) is 10.3. The molecule has 7 nitrogen and oxygen atoms in total. The molecule has 0 bridgehead atoms. The normalized spacial score (nSPS) is 15.1. The third-order valence-electron chi connectivity index (χ3n) is 6.60. The fraction of sp³-hybridized carbons (Fsp3) is 0.367. The molecule has 3 aromatic rings. The number of para-hydroxylation sites is 1. The predicted molar refractivity (Wildman–Crippen MR) is 168 cm³/mol. The van der Waals surface area contributed by atoms with Gasteiger partial charge in [-0.1, -0.05) is 87.9 Å². The number of thiocarbonyl (C=S) groups is 1. The van der Waals surface area contributed by atoms with E-state index in [2.05, 4.69) is 6.92 Å². The molecule has 0 atom stereocenters. The van der Waals surface area contributed by atoms with E-state index in [1.165, 1.54) is 11.8 Å². The summed E-state index contributed by atoms with van der Waals surface area (Å²) in [5.74, 6) is -0.101. The second kappa shape index (κ2) is 13.7. The Hall–Kier alpha value is -2.79. The van der Waals surface area contributed by atoms with Gasteiger partial charge in [-0.25, -0.2) is 13.1 Å². The van der Waals surface area contributed by atoms with Crippen molar-refractivity contribution in [2.24, 2.45) is 0 Å². The molecule has 212 valence electrons. The highest BCUT2D eigenvalue weighted by Gasteiger charge is 2.32. The van der Waals surface area contributed by atoms with Gasteiger partial charge in [-0.15, -0.1) is 0 Å². The van der Waals surface area contributed by atoms with Crippen LogP contribution in [0.2, 0.25) is 0 Å². The molecule has 2 aromatic carbocycles. The second-order valence-electron chi connectivity index (χ2n) is 9.69. The number of rotatable bonds is 13. The number of carbonyl (C=O) groups excluding carboxylic acids is 1. The van der Waals surface area contributed by atoms with E-state index in [0.717, 1.165) is 37.8 Å². The van der Waals surface area contributed by atoms with Gasteiger partial charge in [0.1, 0.15) is 10.0 Å². The monoisotopic (exact) mass is 596 g/mol. The molecule has 1 aliphatic heterocycles. The summed E-state index contributed by atoms with van der Waals surface area (Å²) < 4.78 is 30.9. The first kappa shape index (κ1) is 30.2. The highest BCUT2D eigenvalue weighted by molar-refractivity contribution is 8.26. The first-order valence-electron chi connectivity index (χ1n) is 13.8. The minimum absolute atomic E-state index is 0.101. The molecule has 0 aliphatic carbocycles. The Morgan fingerprint density at radius 2 is 1.70 bits per heavy atom. The van der Waals surface area contributed by atoms with E-state index >= 15 is 0 Å². The molecule has 0 spiro atoms. The summed E-state index contributed by atoms with van der Waals surface area (Å²) >= 11 is 6.82. The zero-order valence-electron chi connectivity index (χ0n) is 23.2. The summed E-state index contributed by atoms with van der Waals surface area (Å²) in [4.78, 5) is 15.7. The van der Waals surface area contributed by atoms with Crippen molar-refractivity contribution in [1.29, 1.82) is 0 Å². The molecule has 4 rings (SSSR count). The summed E-state index contributed by atoms with van der Waals surface area (Å²) in [6.45, 7) is 7.62. The Balaban J connectivity index is 1.77. The number of hydrogen-bond donors (Lipinski definition) is 0. The van der Waals surface area contributed by atoms with Gasteiger partial charge < -0.3 is 0 Å². The van der Waals surface area contributed by atoms with Gasteiger partial charge in [0.05, 0.1) is 15.5 Å². The van der Waals surface area contributed by atoms with Crippen LogP contribution in [0.25, 0.3) is 23.0 Å². The van der Waals surface area contributed by atoms with E-state index in [9.17, 15) is 13.2 Å². The third kappa shape index (κ3) is 6.74. The predicted octanol–water partition coefficient (Wildman–Crippen LogP) is 6.74. The van der Waals surface area contributed by atoms with Crippen molar-refractivity contribution in [2.75, 3.05) is 19.6 Å². The first-order valence-corrected chi connectivity index (χ1v) is 16.5. The maximum atomic E-state index is 13.5. The van der Waals surface area contributed by atoms with Crippen molar-refractivity contribution in [2.45, 2.75) is 57.8 Å². The number of hydrogen-bond acceptors (Lipinski definition) is 6. The fourth-order valence-corrected chi connectivity index (χ4v) is 7.56. The molecular formula is C30H36N4O3S3. The van der Waals surface area contributed by atoms with Crippen molar-refractivity contribution in [3.63, 3.8) is 0 Å². The molecule has 1 fully saturated rings. The van der Waals surface area contributed by atoms with E-state index in [1.54, 1.807) is 32.1 Å². The van der Waals surface area contributed by atoms with Crippen LogP contribution in [-0.4, -0.2) is 57.3 Å². The number of unbranched alkanes of at least 4 members (excludes halogenated alkanes) is 2. The van der Waals surface area contributed by atoms with Crippen LogP contribution >= 0.6 is 24.0 Å². The minimum atomic E-state index is -3.67. The molecule has 0 radical (unpaired) electrons. The van der Waals surface area contributed by atoms with Crippen LogP contribution in [0.1, 0.15) is 58.4 Å². The number of benzene rings is 2. The van der Waals surface area contributed by atoms with Crippen molar-refractivity contribution >= 4 is 50.3 Å². The lowest BCUT2D eigenvalue weighted by Gasteiger charge is -2.21. The number of aromatic nitrogens is 2. The summed E-state index contributed by atoms with van der Waals surface area (Å²) in [5, 5.41) is 4.85. The van der Waals surface area contributed by atoms with E-state index in [1.807, 2.05) is 62.5 Å². The molecule has 1 amide bonds. The van der Waals surface area contributed by atoms with Crippen LogP contribution in [-0.2, 0) is 14.8 Å². The number of thioether (sulfide) groups is 1. The lowest BCUT2D eigenvalue weighted by Crippen LogP contribution is -2.32. The van der Waals surface area contributed by atoms with Crippen molar-refractivity contribution in [1.82, 2.24) is 19.0 Å². The smallest absolute Gasteiger partial charge is 0.266 e. The van der Waals surface area contributed by atoms with Crippen LogP contribution in [0.15, 0.2) is 70.6 Å². The number of nitrogens with zero attached hydrogens (tertiary/aromatic N) is 4. The first-order chi connectivity index (χ1) is 19.3. The molecule has 1 aromatic heterocycles. The zero-order chi connectivity index (χ0) is 28.7. The molecule has 0 N–H and O–H groups in total. The maximum absolute atomic E-state index is 13.5. The van der Waals surface area contributed by atoms with Gasteiger partial charge >= 0.3 is 0 Å². The molecule has 1 aliphatic rings. The third-order valence-corrected chi connectivity index (χ3v) is 9.87. The van der Waals surface area contributed by atoms with Crippen LogP contribution in [0.3, 0.4) is 0 Å². The fourth-order valence-electron chi connectivity index (χ4n) is 4.59. The van der Waals surface area contributed by atoms with Crippen LogP contribution in [0.4, 0.5) is 0 Å². The van der Waals surface area contributed by atoms with Gasteiger partial charge in [-0.2, -0.15) is 9.40 Å². The molecular weight excluding hydrogens is 561 g/mol. The van der Waals surface area contributed by atoms with Gasteiger partial charge in [0.15, 0.2) is 0 Å². The summed E-state index contributed by atoms with van der Waals surface area (Å²) in [6.07, 6.45) is 8.18. The molecule has 2 heterocycles. The Morgan fingerprint density at radius 1 is 0.975 bits per heavy atom. The van der Waals surface area contributed by atoms with Gasteiger partial charge in [0.2, 0.25) is 10.0 Å².